The lowest BCUT2D eigenvalue weighted by Gasteiger charge is -2.31. The van der Waals surface area contributed by atoms with Crippen molar-refractivity contribution in [3.63, 3.8) is 0 Å². The van der Waals surface area contributed by atoms with Gasteiger partial charge in [0, 0.05) is 36.0 Å². The van der Waals surface area contributed by atoms with E-state index in [2.05, 4.69) is 18.1 Å². The Hall–Kier alpha value is -4.00. The van der Waals surface area contributed by atoms with Crippen molar-refractivity contribution in [2.24, 2.45) is 0 Å². The van der Waals surface area contributed by atoms with Gasteiger partial charge in [-0.2, -0.15) is 5.10 Å². The van der Waals surface area contributed by atoms with Crippen LogP contribution >= 0.6 is 0 Å². The number of aryl methyl sites for hydroxylation is 2. The number of anilines is 1. The van der Waals surface area contributed by atoms with Crippen LogP contribution < -0.4 is 9.64 Å². The van der Waals surface area contributed by atoms with E-state index in [-0.39, 0.29) is 18.0 Å². The molecule has 0 aliphatic carbocycles. The van der Waals surface area contributed by atoms with Crippen molar-refractivity contribution in [3.05, 3.63) is 100 Å². The fourth-order valence-corrected chi connectivity index (χ4v) is 5.19. The highest BCUT2D eigenvalue weighted by molar-refractivity contribution is 5.96. The molecule has 0 saturated heterocycles. The van der Waals surface area contributed by atoms with Gasteiger partial charge in [-0.25, -0.2) is 8.78 Å². The number of carbonyl (C=O) groups excluding carboxylic acids is 1. The Kier molecular flexibility index (Phi) is 7.77. The molecule has 0 spiro atoms. The summed E-state index contributed by atoms with van der Waals surface area (Å²) in [5.41, 5.74) is 6.56. The van der Waals surface area contributed by atoms with Crippen LogP contribution in [0.15, 0.2) is 60.9 Å². The lowest BCUT2D eigenvalue weighted by atomic mass is 9.93. The van der Waals surface area contributed by atoms with Gasteiger partial charge in [0.05, 0.1) is 19.3 Å². The first-order valence-electron chi connectivity index (χ1n) is 13.4. The number of amides is 1. The quantitative estimate of drug-likeness (QED) is 0.232. The molecular weight excluding hydrogens is 496 g/mol. The van der Waals surface area contributed by atoms with Crippen LogP contribution in [-0.2, 0) is 17.8 Å². The van der Waals surface area contributed by atoms with Crippen LogP contribution in [0.3, 0.4) is 0 Å². The largest absolute Gasteiger partial charge is 0.493 e. The molecule has 0 saturated carbocycles. The van der Waals surface area contributed by atoms with Gasteiger partial charge in [-0.15, -0.1) is 0 Å². The smallest absolute Gasteiger partial charge is 0.227 e. The van der Waals surface area contributed by atoms with Crippen LogP contribution in [0, 0.1) is 32.4 Å². The standard InChI is InChI=1S/C32H33F2N3O2/c1-21-8-4-12-30(23(21)3)39-17-7-13-31(38)37-16-6-10-26-25(9-5-11-29(26)37)24-18-35-36(19-24)20-27-28(33)15-14-22(2)32(27)34/h4-5,8-9,11-12,14-15,18-19H,6-7,10,13,16-17,20H2,1-3H3. The Labute approximate surface area is 228 Å². The molecule has 1 aliphatic rings. The van der Waals surface area contributed by atoms with E-state index in [0.717, 1.165) is 46.5 Å². The van der Waals surface area contributed by atoms with Gasteiger partial charge in [-0.1, -0.05) is 30.3 Å². The van der Waals surface area contributed by atoms with Gasteiger partial charge in [0.2, 0.25) is 5.91 Å². The number of benzene rings is 3. The molecule has 1 aliphatic heterocycles. The molecule has 5 nitrogen and oxygen atoms in total. The summed E-state index contributed by atoms with van der Waals surface area (Å²) < 4.78 is 36.3. The maximum atomic E-state index is 14.5. The first-order valence-corrected chi connectivity index (χ1v) is 13.4. The number of aromatic nitrogens is 2. The van der Waals surface area contributed by atoms with Crippen molar-refractivity contribution < 1.29 is 18.3 Å². The van der Waals surface area contributed by atoms with Crippen molar-refractivity contribution >= 4 is 11.6 Å². The summed E-state index contributed by atoms with van der Waals surface area (Å²) in [6, 6.07) is 14.7. The Morgan fingerprint density at radius 2 is 1.85 bits per heavy atom. The Balaban J connectivity index is 1.28. The number of fused-ring (bicyclic) bond motifs is 1. The maximum Gasteiger partial charge on any atom is 0.227 e. The highest BCUT2D eigenvalue weighted by atomic mass is 19.1. The minimum atomic E-state index is -0.583. The zero-order valence-corrected chi connectivity index (χ0v) is 22.6. The molecule has 0 fully saturated rings. The van der Waals surface area contributed by atoms with E-state index in [9.17, 15) is 13.6 Å². The summed E-state index contributed by atoms with van der Waals surface area (Å²) >= 11 is 0. The minimum absolute atomic E-state index is 0.00180. The second-order valence-corrected chi connectivity index (χ2v) is 10.2. The van der Waals surface area contributed by atoms with Crippen LogP contribution in [0.5, 0.6) is 5.75 Å². The first kappa shape index (κ1) is 26.6. The van der Waals surface area contributed by atoms with Gasteiger partial charge in [0.25, 0.3) is 0 Å². The van der Waals surface area contributed by atoms with Gasteiger partial charge in [-0.05, 0) is 86.1 Å². The average Bonchev–Trinajstić information content (AvgIpc) is 3.41. The fraction of sp³-hybridized carbons (Fsp3) is 0.312. The highest BCUT2D eigenvalue weighted by Gasteiger charge is 2.25. The third-order valence-corrected chi connectivity index (χ3v) is 7.54. The summed E-state index contributed by atoms with van der Waals surface area (Å²) in [6.07, 6.45) is 6.27. The van der Waals surface area contributed by atoms with Crippen molar-refractivity contribution in [2.75, 3.05) is 18.1 Å². The minimum Gasteiger partial charge on any atom is -0.493 e. The number of hydrogen-bond donors (Lipinski definition) is 0. The Bertz CT molecular complexity index is 1510. The predicted molar refractivity (Wildman–Crippen MR) is 149 cm³/mol. The zero-order valence-electron chi connectivity index (χ0n) is 22.6. The van der Waals surface area contributed by atoms with Crippen molar-refractivity contribution in [3.8, 4) is 16.9 Å². The third-order valence-electron chi connectivity index (χ3n) is 7.54. The van der Waals surface area contributed by atoms with Gasteiger partial charge in [0.1, 0.15) is 17.4 Å². The SMILES string of the molecule is Cc1cccc(OCCCC(=O)N2CCCc3c(-c4cnn(Cc5c(F)ccc(C)c5F)c4)cccc32)c1C. The monoisotopic (exact) mass is 529 g/mol. The van der Waals surface area contributed by atoms with E-state index in [1.807, 2.05) is 48.4 Å². The maximum absolute atomic E-state index is 14.5. The lowest BCUT2D eigenvalue weighted by Crippen LogP contribution is -2.35. The molecule has 7 heteroatoms. The van der Waals surface area contributed by atoms with Crippen LogP contribution in [0.1, 0.15) is 47.1 Å². The van der Waals surface area contributed by atoms with Gasteiger partial charge in [-0.3, -0.25) is 9.48 Å². The molecule has 5 rings (SSSR count). The molecule has 3 aromatic carbocycles. The number of ether oxygens (including phenoxy) is 1. The van der Waals surface area contributed by atoms with Crippen LogP contribution in [0.2, 0.25) is 0 Å². The van der Waals surface area contributed by atoms with Gasteiger partial charge < -0.3 is 9.64 Å². The molecule has 0 radical (unpaired) electrons. The number of halogens is 2. The van der Waals surface area contributed by atoms with Crippen LogP contribution in [0.25, 0.3) is 11.1 Å². The molecule has 202 valence electrons. The number of nitrogens with zero attached hydrogens (tertiary/aromatic N) is 3. The first-order chi connectivity index (χ1) is 18.8. The van der Waals surface area contributed by atoms with E-state index in [1.54, 1.807) is 17.8 Å². The summed E-state index contributed by atoms with van der Waals surface area (Å²) in [6.45, 7) is 6.89. The van der Waals surface area contributed by atoms with Gasteiger partial charge >= 0.3 is 0 Å². The van der Waals surface area contributed by atoms with E-state index >= 15 is 0 Å². The summed E-state index contributed by atoms with van der Waals surface area (Å²) in [4.78, 5) is 15.1. The molecule has 1 aromatic heterocycles. The number of hydrogen-bond acceptors (Lipinski definition) is 3. The van der Waals surface area contributed by atoms with E-state index in [1.165, 1.54) is 17.7 Å². The molecule has 2 heterocycles. The van der Waals surface area contributed by atoms with E-state index < -0.39 is 11.6 Å². The van der Waals surface area contributed by atoms with E-state index in [4.69, 9.17) is 4.74 Å². The third kappa shape index (κ3) is 5.58. The molecule has 4 aromatic rings. The molecule has 1 amide bonds. The Morgan fingerprint density at radius 3 is 2.69 bits per heavy atom. The normalized spacial score (nSPS) is 12.9. The van der Waals surface area contributed by atoms with Crippen molar-refractivity contribution in [1.82, 2.24) is 9.78 Å². The summed E-state index contributed by atoms with van der Waals surface area (Å²) in [5, 5.41) is 4.38. The van der Waals surface area contributed by atoms with Crippen LogP contribution in [-0.4, -0.2) is 28.8 Å². The molecule has 0 N–H and O–H groups in total. The summed E-state index contributed by atoms with van der Waals surface area (Å²) in [7, 11) is 0. The van der Waals surface area contributed by atoms with E-state index in [0.29, 0.717) is 31.6 Å². The fourth-order valence-electron chi connectivity index (χ4n) is 5.19. The highest BCUT2D eigenvalue weighted by Crippen LogP contribution is 2.36. The topological polar surface area (TPSA) is 47.4 Å². The van der Waals surface area contributed by atoms with Crippen molar-refractivity contribution in [1.29, 1.82) is 0 Å². The second kappa shape index (κ2) is 11.4. The lowest BCUT2D eigenvalue weighted by molar-refractivity contribution is -0.118. The Morgan fingerprint density at radius 1 is 1.03 bits per heavy atom. The molecule has 0 unspecified atom stereocenters. The molecule has 39 heavy (non-hydrogen) atoms. The summed E-state index contributed by atoms with van der Waals surface area (Å²) in [5.74, 6) is -0.180. The van der Waals surface area contributed by atoms with Crippen LogP contribution in [0.4, 0.5) is 14.5 Å². The average molecular weight is 530 g/mol. The number of rotatable bonds is 8. The van der Waals surface area contributed by atoms with Gasteiger partial charge in [0.15, 0.2) is 0 Å². The zero-order chi connectivity index (χ0) is 27.5. The molecule has 0 bridgehead atoms. The molecule has 0 atom stereocenters. The predicted octanol–water partition coefficient (Wildman–Crippen LogP) is 6.94. The molecular formula is C32H33F2N3O2. The second-order valence-electron chi connectivity index (χ2n) is 10.2. The number of carbonyl (C=O) groups is 1. The van der Waals surface area contributed by atoms with Crippen molar-refractivity contribution in [2.45, 2.75) is 53.0 Å².